The Labute approximate surface area is 121 Å². The van der Waals surface area contributed by atoms with Crippen LogP contribution in [0, 0.1) is 11.8 Å². The number of nitrogens with one attached hydrogen (secondary N) is 2. The normalized spacial score (nSPS) is 30.5. The Morgan fingerprint density at radius 1 is 1.42 bits per heavy atom. The second-order valence-electron chi connectivity index (χ2n) is 6.26. The van der Waals surface area contributed by atoms with E-state index in [-0.39, 0.29) is 18.6 Å². The molecule has 3 N–H and O–H groups in total. The molecule has 0 heterocycles. The zero-order chi connectivity index (χ0) is 14.5. The number of thioether (sulfide) groups is 1. The van der Waals surface area contributed by atoms with Gasteiger partial charge in [-0.2, -0.15) is 11.8 Å². The average molecular weight is 288 g/mol. The van der Waals surface area contributed by atoms with Gasteiger partial charge in [0, 0.05) is 18.3 Å². The Kier molecular flexibility index (Phi) is 6.47. The third-order valence-electron chi connectivity index (χ3n) is 3.83. The van der Waals surface area contributed by atoms with Crippen LogP contribution >= 0.6 is 11.8 Å². The Morgan fingerprint density at radius 2 is 2.11 bits per heavy atom. The van der Waals surface area contributed by atoms with Gasteiger partial charge in [0.05, 0.1) is 5.60 Å². The van der Waals surface area contributed by atoms with E-state index >= 15 is 0 Å². The molecule has 4 unspecified atom stereocenters. The lowest BCUT2D eigenvalue weighted by Gasteiger charge is -2.33. The van der Waals surface area contributed by atoms with Gasteiger partial charge in [0.25, 0.3) is 0 Å². The predicted molar refractivity (Wildman–Crippen MR) is 81.5 cm³/mol. The van der Waals surface area contributed by atoms with Crippen molar-refractivity contribution in [3.63, 3.8) is 0 Å². The van der Waals surface area contributed by atoms with E-state index in [1.165, 1.54) is 12.8 Å². The fraction of sp³-hybridized carbons (Fsp3) is 0.929. The van der Waals surface area contributed by atoms with Gasteiger partial charge < -0.3 is 15.7 Å². The molecule has 0 saturated heterocycles. The Morgan fingerprint density at radius 3 is 2.68 bits per heavy atom. The summed E-state index contributed by atoms with van der Waals surface area (Å²) in [6.07, 6.45) is 5.35. The van der Waals surface area contributed by atoms with Crippen molar-refractivity contribution in [2.75, 3.05) is 18.6 Å². The number of amides is 2. The molecule has 0 aromatic rings. The van der Waals surface area contributed by atoms with E-state index in [1.807, 2.05) is 6.26 Å². The fourth-order valence-electron chi connectivity index (χ4n) is 2.73. The number of hydrogen-bond acceptors (Lipinski definition) is 3. The number of rotatable bonds is 5. The molecule has 5 heteroatoms. The number of aliphatic hydroxyl groups is 1. The molecule has 4 atom stereocenters. The largest absolute Gasteiger partial charge is 0.387 e. The second-order valence-corrected chi connectivity index (χ2v) is 7.12. The van der Waals surface area contributed by atoms with Gasteiger partial charge in [0.2, 0.25) is 0 Å². The lowest BCUT2D eigenvalue weighted by Crippen LogP contribution is -2.50. The van der Waals surface area contributed by atoms with Crippen molar-refractivity contribution in [1.82, 2.24) is 10.6 Å². The van der Waals surface area contributed by atoms with Crippen molar-refractivity contribution >= 4 is 17.8 Å². The second kappa shape index (κ2) is 7.39. The van der Waals surface area contributed by atoms with E-state index in [2.05, 4.69) is 24.5 Å². The molecular formula is C14H28N2O2S. The monoisotopic (exact) mass is 288 g/mol. The van der Waals surface area contributed by atoms with Gasteiger partial charge in [-0.05, 0) is 44.3 Å². The quantitative estimate of drug-likeness (QED) is 0.727. The van der Waals surface area contributed by atoms with Crippen LogP contribution in [0.15, 0.2) is 0 Å². The van der Waals surface area contributed by atoms with Crippen LogP contribution in [0.2, 0.25) is 0 Å². The van der Waals surface area contributed by atoms with E-state index in [1.54, 1.807) is 18.7 Å². The maximum absolute atomic E-state index is 11.8. The van der Waals surface area contributed by atoms with Crippen molar-refractivity contribution < 1.29 is 9.90 Å². The molecule has 112 valence electrons. The van der Waals surface area contributed by atoms with Gasteiger partial charge in [-0.25, -0.2) is 4.79 Å². The topological polar surface area (TPSA) is 61.4 Å². The first-order valence-corrected chi connectivity index (χ1v) is 8.49. The summed E-state index contributed by atoms with van der Waals surface area (Å²) < 4.78 is 0. The van der Waals surface area contributed by atoms with Crippen LogP contribution in [0.5, 0.6) is 0 Å². The molecule has 0 aromatic heterocycles. The first kappa shape index (κ1) is 16.6. The number of carbonyl (C=O) groups excluding carboxylic acids is 1. The summed E-state index contributed by atoms with van der Waals surface area (Å²) in [5.41, 5.74) is -0.844. The summed E-state index contributed by atoms with van der Waals surface area (Å²) in [7, 11) is 0. The van der Waals surface area contributed by atoms with Gasteiger partial charge in [0.1, 0.15) is 0 Å². The smallest absolute Gasteiger partial charge is 0.315 e. The molecular weight excluding hydrogens is 260 g/mol. The van der Waals surface area contributed by atoms with Crippen LogP contribution in [0.4, 0.5) is 4.79 Å². The minimum atomic E-state index is -0.844. The van der Waals surface area contributed by atoms with Gasteiger partial charge in [-0.15, -0.1) is 0 Å². The Hall–Kier alpha value is -0.420. The molecule has 0 spiro atoms. The van der Waals surface area contributed by atoms with Crippen molar-refractivity contribution in [2.45, 2.75) is 51.7 Å². The molecule has 19 heavy (non-hydrogen) atoms. The van der Waals surface area contributed by atoms with Gasteiger partial charge >= 0.3 is 6.03 Å². The Balaban J connectivity index is 2.31. The minimum Gasteiger partial charge on any atom is -0.387 e. The molecule has 1 aliphatic carbocycles. The standard InChI is InChI=1S/C14H28N2O2S/c1-10-5-6-12(11(2)7-10)16-13(17)15-8-14(3,18)9-19-4/h10-12,18H,5-9H2,1-4H3,(H2,15,16,17). The van der Waals surface area contributed by atoms with Gasteiger partial charge in [-0.3, -0.25) is 0 Å². The maximum atomic E-state index is 11.8. The highest BCUT2D eigenvalue weighted by Gasteiger charge is 2.27. The van der Waals surface area contributed by atoms with E-state index in [0.29, 0.717) is 11.7 Å². The van der Waals surface area contributed by atoms with Crippen LogP contribution in [-0.4, -0.2) is 41.3 Å². The zero-order valence-corrected chi connectivity index (χ0v) is 13.3. The third-order valence-corrected chi connectivity index (χ3v) is 4.74. The summed E-state index contributed by atoms with van der Waals surface area (Å²) in [5, 5.41) is 15.8. The first-order chi connectivity index (χ1) is 8.84. The molecule has 0 aromatic carbocycles. The van der Waals surface area contributed by atoms with Crippen molar-refractivity contribution in [3.8, 4) is 0 Å². The molecule has 1 fully saturated rings. The van der Waals surface area contributed by atoms with E-state index < -0.39 is 5.60 Å². The molecule has 4 nitrogen and oxygen atoms in total. The SMILES string of the molecule is CSCC(C)(O)CNC(=O)NC1CCC(C)CC1C. The highest BCUT2D eigenvalue weighted by atomic mass is 32.2. The van der Waals surface area contributed by atoms with Crippen LogP contribution in [0.3, 0.4) is 0 Å². The summed E-state index contributed by atoms with van der Waals surface area (Å²) in [4.78, 5) is 11.8. The molecule has 0 aliphatic heterocycles. The summed E-state index contributed by atoms with van der Waals surface area (Å²) >= 11 is 1.57. The van der Waals surface area contributed by atoms with Crippen molar-refractivity contribution in [3.05, 3.63) is 0 Å². The summed E-state index contributed by atoms with van der Waals surface area (Å²) in [6, 6.07) is 0.106. The van der Waals surface area contributed by atoms with Crippen LogP contribution in [-0.2, 0) is 0 Å². The fourth-order valence-corrected chi connectivity index (χ4v) is 3.46. The predicted octanol–water partition coefficient (Wildman–Crippen LogP) is 2.22. The number of carbonyl (C=O) groups is 1. The lowest BCUT2D eigenvalue weighted by molar-refractivity contribution is 0.0864. The van der Waals surface area contributed by atoms with E-state index in [0.717, 1.165) is 12.3 Å². The zero-order valence-electron chi connectivity index (χ0n) is 12.5. The molecule has 0 radical (unpaired) electrons. The average Bonchev–Trinajstić information content (AvgIpc) is 2.30. The summed E-state index contributed by atoms with van der Waals surface area (Å²) in [6.45, 7) is 6.50. The lowest BCUT2D eigenvalue weighted by atomic mass is 9.80. The highest BCUT2D eigenvalue weighted by Crippen LogP contribution is 2.28. The van der Waals surface area contributed by atoms with Crippen LogP contribution < -0.4 is 10.6 Å². The van der Waals surface area contributed by atoms with E-state index in [9.17, 15) is 9.90 Å². The van der Waals surface area contributed by atoms with Gasteiger partial charge in [0.15, 0.2) is 0 Å². The molecule has 1 aliphatic rings. The van der Waals surface area contributed by atoms with E-state index in [4.69, 9.17) is 0 Å². The maximum Gasteiger partial charge on any atom is 0.315 e. The molecule has 1 rings (SSSR count). The number of urea groups is 1. The van der Waals surface area contributed by atoms with Gasteiger partial charge in [-0.1, -0.05) is 13.8 Å². The Bertz CT molecular complexity index is 297. The molecule has 0 bridgehead atoms. The minimum absolute atomic E-state index is 0.159. The van der Waals surface area contributed by atoms with Crippen LogP contribution in [0.25, 0.3) is 0 Å². The molecule has 1 saturated carbocycles. The highest BCUT2D eigenvalue weighted by molar-refractivity contribution is 7.98. The summed E-state index contributed by atoms with van der Waals surface area (Å²) in [5.74, 6) is 1.91. The van der Waals surface area contributed by atoms with Crippen LogP contribution in [0.1, 0.15) is 40.0 Å². The van der Waals surface area contributed by atoms with Crippen molar-refractivity contribution in [1.29, 1.82) is 0 Å². The first-order valence-electron chi connectivity index (χ1n) is 7.10. The molecule has 2 amide bonds. The third kappa shape index (κ3) is 6.04. The number of hydrogen-bond donors (Lipinski definition) is 3. The van der Waals surface area contributed by atoms with Crippen molar-refractivity contribution in [2.24, 2.45) is 11.8 Å².